The Hall–Kier alpha value is -1.16. The Balaban J connectivity index is 2.18. The van der Waals surface area contributed by atoms with E-state index in [1.54, 1.807) is 0 Å². The Morgan fingerprint density at radius 1 is 1.26 bits per heavy atom. The van der Waals surface area contributed by atoms with Gasteiger partial charge in [-0.25, -0.2) is 4.39 Å². The fourth-order valence-electron chi connectivity index (χ4n) is 2.89. The number of benzene rings is 1. The smallest absolute Gasteiger partial charge is 0.169 e. The summed E-state index contributed by atoms with van der Waals surface area (Å²) in [6, 6.07) is 1.53. The molecule has 106 valence electrons. The Kier molecular flexibility index (Phi) is 4.40. The number of anilines is 3. The Labute approximate surface area is 118 Å². The lowest BCUT2D eigenvalue weighted by Crippen LogP contribution is -2.28. The van der Waals surface area contributed by atoms with Crippen LogP contribution >= 0.6 is 11.6 Å². The lowest BCUT2D eigenvalue weighted by molar-refractivity contribution is 0.361. The molecule has 2 rings (SSSR count). The van der Waals surface area contributed by atoms with Crippen LogP contribution in [0, 0.1) is 11.7 Å². The van der Waals surface area contributed by atoms with Crippen LogP contribution in [0.4, 0.5) is 21.5 Å². The Morgan fingerprint density at radius 2 is 1.89 bits per heavy atom. The van der Waals surface area contributed by atoms with Crippen molar-refractivity contribution in [2.45, 2.75) is 32.1 Å². The van der Waals surface area contributed by atoms with E-state index >= 15 is 0 Å². The maximum atomic E-state index is 14.2. The maximum absolute atomic E-state index is 14.2. The zero-order chi connectivity index (χ0) is 14.0. The maximum Gasteiger partial charge on any atom is 0.169 e. The van der Waals surface area contributed by atoms with Gasteiger partial charge in [0.05, 0.1) is 17.1 Å². The van der Waals surface area contributed by atoms with Gasteiger partial charge in [0.2, 0.25) is 0 Å². The molecule has 0 heterocycles. The van der Waals surface area contributed by atoms with Gasteiger partial charge >= 0.3 is 0 Å². The van der Waals surface area contributed by atoms with Crippen molar-refractivity contribution < 1.29 is 4.39 Å². The van der Waals surface area contributed by atoms with Gasteiger partial charge in [0.25, 0.3) is 0 Å². The summed E-state index contributed by atoms with van der Waals surface area (Å²) in [6.45, 7) is 0.807. The normalized spacial score (nSPS) is 16.6. The van der Waals surface area contributed by atoms with Crippen molar-refractivity contribution in [3.05, 3.63) is 16.9 Å². The van der Waals surface area contributed by atoms with Crippen LogP contribution in [0.3, 0.4) is 0 Å². The van der Waals surface area contributed by atoms with Crippen molar-refractivity contribution >= 4 is 28.7 Å². The molecule has 19 heavy (non-hydrogen) atoms. The standard InChI is InChI=1S/C14H21ClFN3/c1-19(8-9-5-3-2-4-6-9)14-11(18)7-10(17)12(15)13(14)16/h7,9H,2-6,8,17-18H2,1H3. The minimum atomic E-state index is -0.516. The van der Waals surface area contributed by atoms with Gasteiger partial charge in [-0.05, 0) is 24.8 Å². The van der Waals surface area contributed by atoms with Gasteiger partial charge in [-0.3, -0.25) is 0 Å². The first-order valence-electron chi connectivity index (χ1n) is 6.74. The van der Waals surface area contributed by atoms with Crippen LogP contribution in [0.2, 0.25) is 5.02 Å². The molecule has 1 aromatic rings. The number of nitrogens with two attached hydrogens (primary N) is 2. The number of hydrogen-bond acceptors (Lipinski definition) is 3. The zero-order valence-electron chi connectivity index (χ0n) is 11.3. The monoisotopic (exact) mass is 285 g/mol. The average Bonchev–Trinajstić information content (AvgIpc) is 2.37. The third kappa shape index (κ3) is 3.06. The van der Waals surface area contributed by atoms with Crippen LogP contribution in [-0.2, 0) is 0 Å². The molecule has 3 nitrogen and oxygen atoms in total. The van der Waals surface area contributed by atoms with Crippen molar-refractivity contribution in [2.24, 2.45) is 5.92 Å². The lowest BCUT2D eigenvalue weighted by atomic mass is 9.89. The number of hydrogen-bond donors (Lipinski definition) is 2. The first-order valence-corrected chi connectivity index (χ1v) is 7.12. The van der Waals surface area contributed by atoms with Crippen LogP contribution in [0.15, 0.2) is 6.07 Å². The molecule has 1 saturated carbocycles. The van der Waals surface area contributed by atoms with E-state index < -0.39 is 5.82 Å². The molecule has 1 aliphatic rings. The highest BCUT2D eigenvalue weighted by Crippen LogP contribution is 2.36. The predicted octanol–water partition coefficient (Wildman–Crippen LogP) is 3.66. The molecule has 0 unspecified atom stereocenters. The molecule has 0 amide bonds. The molecule has 0 aromatic heterocycles. The SMILES string of the molecule is CN(CC1CCCCC1)c1c(N)cc(N)c(Cl)c1F. The Morgan fingerprint density at radius 3 is 2.53 bits per heavy atom. The van der Waals surface area contributed by atoms with Gasteiger partial charge in [-0.15, -0.1) is 0 Å². The molecular formula is C14H21ClFN3. The van der Waals surface area contributed by atoms with E-state index in [-0.39, 0.29) is 10.7 Å². The van der Waals surface area contributed by atoms with E-state index in [4.69, 9.17) is 23.1 Å². The van der Waals surface area contributed by atoms with Gasteiger partial charge < -0.3 is 16.4 Å². The summed E-state index contributed by atoms with van der Waals surface area (Å²) < 4.78 is 14.2. The molecular weight excluding hydrogens is 265 g/mol. The van der Waals surface area contributed by atoms with Crippen molar-refractivity contribution in [1.29, 1.82) is 0 Å². The summed E-state index contributed by atoms with van der Waals surface area (Å²) in [4.78, 5) is 1.87. The van der Waals surface area contributed by atoms with Gasteiger partial charge in [-0.1, -0.05) is 30.9 Å². The van der Waals surface area contributed by atoms with Crippen molar-refractivity contribution in [3.8, 4) is 0 Å². The fraction of sp³-hybridized carbons (Fsp3) is 0.571. The molecule has 0 radical (unpaired) electrons. The summed E-state index contributed by atoms with van der Waals surface area (Å²) in [5.41, 5.74) is 12.4. The van der Waals surface area contributed by atoms with Gasteiger partial charge in [0.15, 0.2) is 5.82 Å². The molecule has 0 atom stereocenters. The van der Waals surface area contributed by atoms with E-state index in [9.17, 15) is 4.39 Å². The number of nitrogen functional groups attached to an aromatic ring is 2. The summed E-state index contributed by atoms with van der Waals surface area (Å²) >= 11 is 5.86. The second-order valence-electron chi connectivity index (χ2n) is 5.42. The first kappa shape index (κ1) is 14.3. The molecule has 1 fully saturated rings. The first-order chi connectivity index (χ1) is 9.00. The summed E-state index contributed by atoms with van der Waals surface area (Å²) in [5, 5.41) is -0.0419. The number of rotatable bonds is 3. The topological polar surface area (TPSA) is 55.3 Å². The highest BCUT2D eigenvalue weighted by atomic mass is 35.5. The van der Waals surface area contributed by atoms with Gasteiger partial charge in [0.1, 0.15) is 5.02 Å². The largest absolute Gasteiger partial charge is 0.397 e. The van der Waals surface area contributed by atoms with E-state index in [1.807, 2.05) is 11.9 Å². The predicted molar refractivity (Wildman–Crippen MR) is 80.1 cm³/mol. The van der Waals surface area contributed by atoms with Crippen LogP contribution in [0.25, 0.3) is 0 Å². The molecule has 0 saturated heterocycles. The lowest BCUT2D eigenvalue weighted by Gasteiger charge is -2.29. The highest BCUT2D eigenvalue weighted by molar-refractivity contribution is 6.33. The minimum Gasteiger partial charge on any atom is -0.397 e. The van der Waals surface area contributed by atoms with Gasteiger partial charge in [-0.2, -0.15) is 0 Å². The summed E-state index contributed by atoms with van der Waals surface area (Å²) in [6.07, 6.45) is 6.24. The van der Waals surface area contributed by atoms with Crippen LogP contribution in [0.5, 0.6) is 0 Å². The van der Waals surface area contributed by atoms with Crippen LogP contribution < -0.4 is 16.4 Å². The number of halogens is 2. The molecule has 4 N–H and O–H groups in total. The van der Waals surface area contributed by atoms with E-state index in [2.05, 4.69) is 0 Å². The molecule has 1 aliphatic carbocycles. The summed E-state index contributed by atoms with van der Waals surface area (Å²) in [5.74, 6) is 0.0892. The number of nitrogens with zero attached hydrogens (tertiary/aromatic N) is 1. The van der Waals surface area contributed by atoms with Crippen molar-refractivity contribution in [2.75, 3.05) is 30.0 Å². The molecule has 0 spiro atoms. The zero-order valence-corrected chi connectivity index (χ0v) is 12.0. The van der Waals surface area contributed by atoms with E-state index in [0.717, 1.165) is 6.54 Å². The van der Waals surface area contributed by atoms with Crippen molar-refractivity contribution in [1.82, 2.24) is 0 Å². The fourth-order valence-corrected chi connectivity index (χ4v) is 3.04. The summed E-state index contributed by atoms with van der Waals surface area (Å²) in [7, 11) is 1.86. The average molecular weight is 286 g/mol. The van der Waals surface area contributed by atoms with E-state index in [1.165, 1.54) is 38.2 Å². The quantitative estimate of drug-likeness (QED) is 0.833. The minimum absolute atomic E-state index is 0.0419. The third-order valence-corrected chi connectivity index (χ3v) is 4.26. The van der Waals surface area contributed by atoms with Crippen LogP contribution in [0.1, 0.15) is 32.1 Å². The molecule has 0 aliphatic heterocycles. The molecule has 1 aromatic carbocycles. The third-order valence-electron chi connectivity index (χ3n) is 3.88. The molecule has 5 heteroatoms. The van der Waals surface area contributed by atoms with Crippen LogP contribution in [-0.4, -0.2) is 13.6 Å². The second-order valence-corrected chi connectivity index (χ2v) is 5.79. The second kappa shape index (κ2) is 5.87. The Bertz CT molecular complexity index is 458. The van der Waals surface area contributed by atoms with Gasteiger partial charge in [0, 0.05) is 13.6 Å². The van der Waals surface area contributed by atoms with Crippen molar-refractivity contribution in [3.63, 3.8) is 0 Å². The van der Waals surface area contributed by atoms with E-state index in [0.29, 0.717) is 17.3 Å². The highest BCUT2D eigenvalue weighted by Gasteiger charge is 2.21. The molecule has 0 bridgehead atoms.